The molecule has 9 heteroatoms. The van der Waals surface area contributed by atoms with E-state index < -0.39 is 28.1 Å². The zero-order chi connectivity index (χ0) is 15.6. The smallest absolute Gasteiger partial charge is 0.328 e. The van der Waals surface area contributed by atoms with Gasteiger partial charge < -0.3 is 9.64 Å². The van der Waals surface area contributed by atoms with Crippen molar-refractivity contribution >= 4 is 33.2 Å². The quantitative estimate of drug-likeness (QED) is 0.795. The highest BCUT2D eigenvalue weighted by Gasteiger charge is 2.40. The van der Waals surface area contributed by atoms with Crippen LogP contribution in [0, 0.1) is 0 Å². The molecule has 116 valence electrons. The van der Waals surface area contributed by atoms with Gasteiger partial charge in [-0.15, -0.1) is 11.3 Å². The van der Waals surface area contributed by atoms with Gasteiger partial charge in [0.15, 0.2) is 0 Å². The summed E-state index contributed by atoms with van der Waals surface area (Å²) in [6, 6.07) is 1.89. The van der Waals surface area contributed by atoms with Crippen molar-refractivity contribution in [3.8, 4) is 0 Å². The summed E-state index contributed by atoms with van der Waals surface area (Å²) in [5, 5.41) is 1.67. The standard InChI is InChI=1S/C12H16N2O5S2/c1-8(15)14-7-9(6-10(14)12(16)19-2)13-21(17,18)11-4-3-5-20-11/h3-5,9-10,13H,6-7H2,1-2H3/t9-,10-/m0/s1. The van der Waals surface area contributed by atoms with E-state index in [9.17, 15) is 18.0 Å². The number of rotatable bonds is 4. The highest BCUT2D eigenvalue weighted by atomic mass is 32.2. The van der Waals surface area contributed by atoms with Gasteiger partial charge in [-0.3, -0.25) is 4.79 Å². The van der Waals surface area contributed by atoms with E-state index >= 15 is 0 Å². The van der Waals surface area contributed by atoms with E-state index in [1.807, 2.05) is 0 Å². The van der Waals surface area contributed by atoms with Crippen molar-refractivity contribution in [2.75, 3.05) is 13.7 Å². The molecular formula is C12H16N2O5S2. The molecule has 2 heterocycles. The normalized spacial score (nSPS) is 22.3. The van der Waals surface area contributed by atoms with Crippen LogP contribution in [0.2, 0.25) is 0 Å². The Balaban J connectivity index is 2.13. The van der Waals surface area contributed by atoms with E-state index in [1.165, 1.54) is 25.0 Å². The van der Waals surface area contributed by atoms with Crippen LogP contribution in [-0.2, 0) is 24.3 Å². The maximum atomic E-state index is 12.2. The summed E-state index contributed by atoms with van der Waals surface area (Å²) in [4.78, 5) is 24.6. The first-order valence-electron chi connectivity index (χ1n) is 6.26. The molecule has 1 saturated heterocycles. The van der Waals surface area contributed by atoms with Gasteiger partial charge in [0.2, 0.25) is 15.9 Å². The molecule has 1 amide bonds. The molecule has 1 aromatic heterocycles. The van der Waals surface area contributed by atoms with Crippen LogP contribution < -0.4 is 4.72 Å². The first kappa shape index (κ1) is 15.9. The molecule has 0 unspecified atom stereocenters. The van der Waals surface area contributed by atoms with E-state index in [0.29, 0.717) is 0 Å². The van der Waals surface area contributed by atoms with Crippen LogP contribution in [0.3, 0.4) is 0 Å². The summed E-state index contributed by atoms with van der Waals surface area (Å²) < 4.78 is 31.7. The lowest BCUT2D eigenvalue weighted by atomic mass is 10.2. The van der Waals surface area contributed by atoms with E-state index in [0.717, 1.165) is 11.3 Å². The molecule has 0 aliphatic carbocycles. The molecule has 21 heavy (non-hydrogen) atoms. The van der Waals surface area contributed by atoms with Gasteiger partial charge in [-0.25, -0.2) is 17.9 Å². The Morgan fingerprint density at radius 1 is 1.48 bits per heavy atom. The molecule has 0 radical (unpaired) electrons. The topological polar surface area (TPSA) is 92.8 Å². The number of hydrogen-bond acceptors (Lipinski definition) is 6. The Bertz CT molecular complexity index is 626. The number of esters is 1. The lowest BCUT2D eigenvalue weighted by Crippen LogP contribution is -2.40. The fourth-order valence-corrected chi connectivity index (χ4v) is 4.57. The van der Waals surface area contributed by atoms with Crippen molar-refractivity contribution in [3.05, 3.63) is 17.5 Å². The molecule has 0 spiro atoms. The third-order valence-corrected chi connectivity index (χ3v) is 6.18. The Hall–Kier alpha value is -1.45. The highest BCUT2D eigenvalue weighted by molar-refractivity contribution is 7.91. The van der Waals surface area contributed by atoms with Crippen molar-refractivity contribution in [2.45, 2.75) is 29.6 Å². The molecule has 2 rings (SSSR count). The Morgan fingerprint density at radius 2 is 2.19 bits per heavy atom. The number of hydrogen-bond donors (Lipinski definition) is 1. The first-order valence-corrected chi connectivity index (χ1v) is 8.62. The monoisotopic (exact) mass is 332 g/mol. The van der Waals surface area contributed by atoms with Crippen molar-refractivity contribution in [3.63, 3.8) is 0 Å². The van der Waals surface area contributed by atoms with Crippen LogP contribution in [0.1, 0.15) is 13.3 Å². The van der Waals surface area contributed by atoms with Crippen molar-refractivity contribution in [2.24, 2.45) is 0 Å². The number of likely N-dealkylation sites (tertiary alicyclic amines) is 1. The van der Waals surface area contributed by atoms with Crippen LogP contribution in [0.5, 0.6) is 0 Å². The maximum Gasteiger partial charge on any atom is 0.328 e. The third kappa shape index (κ3) is 3.42. The van der Waals surface area contributed by atoms with E-state index in [2.05, 4.69) is 9.46 Å². The second-order valence-corrected chi connectivity index (χ2v) is 7.58. The molecule has 0 bridgehead atoms. The number of nitrogens with one attached hydrogen (secondary N) is 1. The molecule has 1 aromatic rings. The molecular weight excluding hydrogens is 316 g/mol. The summed E-state index contributed by atoms with van der Waals surface area (Å²) in [6.07, 6.45) is 0.205. The molecule has 7 nitrogen and oxygen atoms in total. The van der Waals surface area contributed by atoms with Crippen molar-refractivity contribution in [1.29, 1.82) is 0 Å². The molecule has 2 atom stereocenters. The average Bonchev–Trinajstić information content (AvgIpc) is 3.06. The highest BCUT2D eigenvalue weighted by Crippen LogP contribution is 2.22. The Morgan fingerprint density at radius 3 is 2.71 bits per heavy atom. The largest absolute Gasteiger partial charge is 0.467 e. The minimum atomic E-state index is -3.63. The summed E-state index contributed by atoms with van der Waals surface area (Å²) in [6.45, 7) is 1.49. The van der Waals surface area contributed by atoms with Gasteiger partial charge in [0.1, 0.15) is 10.3 Å². The number of methoxy groups -OCH3 is 1. The lowest BCUT2D eigenvalue weighted by Gasteiger charge is -2.20. The molecule has 1 N–H and O–H groups in total. The SMILES string of the molecule is COC(=O)[C@@H]1C[C@H](NS(=O)(=O)c2cccs2)CN1C(C)=O. The molecule has 0 aromatic carbocycles. The number of ether oxygens (including phenoxy) is 1. The second kappa shape index (κ2) is 6.12. The predicted octanol–water partition coefficient (Wildman–Crippen LogP) is 0.189. The van der Waals surface area contributed by atoms with Crippen LogP contribution in [-0.4, -0.2) is 50.9 Å². The minimum absolute atomic E-state index is 0.152. The van der Waals surface area contributed by atoms with Gasteiger partial charge in [0.05, 0.1) is 7.11 Å². The van der Waals surface area contributed by atoms with Crippen LogP contribution >= 0.6 is 11.3 Å². The van der Waals surface area contributed by atoms with Gasteiger partial charge in [-0.2, -0.15) is 0 Å². The lowest BCUT2D eigenvalue weighted by molar-refractivity contribution is -0.150. The zero-order valence-electron chi connectivity index (χ0n) is 11.6. The van der Waals surface area contributed by atoms with E-state index in [-0.39, 0.29) is 23.1 Å². The predicted molar refractivity (Wildman–Crippen MR) is 76.2 cm³/mol. The maximum absolute atomic E-state index is 12.2. The van der Waals surface area contributed by atoms with Crippen molar-refractivity contribution < 1.29 is 22.7 Å². The number of carbonyl (C=O) groups excluding carboxylic acids is 2. The van der Waals surface area contributed by atoms with Crippen LogP contribution in [0.4, 0.5) is 0 Å². The number of thiophene rings is 1. The van der Waals surface area contributed by atoms with Crippen LogP contribution in [0.25, 0.3) is 0 Å². The fraction of sp³-hybridized carbons (Fsp3) is 0.500. The van der Waals surface area contributed by atoms with E-state index in [4.69, 9.17) is 0 Å². The van der Waals surface area contributed by atoms with Gasteiger partial charge in [0.25, 0.3) is 0 Å². The molecule has 1 fully saturated rings. The van der Waals surface area contributed by atoms with Gasteiger partial charge >= 0.3 is 5.97 Å². The number of sulfonamides is 1. The summed E-state index contributed by atoms with van der Waals surface area (Å²) in [7, 11) is -2.39. The van der Waals surface area contributed by atoms with Gasteiger partial charge in [-0.05, 0) is 17.9 Å². The van der Waals surface area contributed by atoms with E-state index in [1.54, 1.807) is 11.4 Å². The fourth-order valence-electron chi connectivity index (χ4n) is 2.32. The average molecular weight is 332 g/mol. The third-order valence-electron chi connectivity index (χ3n) is 3.26. The first-order chi connectivity index (χ1) is 9.85. The molecule has 0 saturated carbocycles. The Kier molecular flexibility index (Phi) is 4.64. The zero-order valence-corrected chi connectivity index (χ0v) is 13.2. The Labute approximate surface area is 126 Å². The van der Waals surface area contributed by atoms with Crippen molar-refractivity contribution in [1.82, 2.24) is 9.62 Å². The summed E-state index contributed by atoms with van der Waals surface area (Å²) in [5.74, 6) is -0.828. The number of carbonyl (C=O) groups is 2. The summed E-state index contributed by atoms with van der Waals surface area (Å²) >= 11 is 1.11. The minimum Gasteiger partial charge on any atom is -0.467 e. The second-order valence-electron chi connectivity index (χ2n) is 4.70. The summed E-state index contributed by atoms with van der Waals surface area (Å²) in [5.41, 5.74) is 0. The number of amides is 1. The molecule has 1 aliphatic heterocycles. The van der Waals surface area contributed by atoms with Gasteiger partial charge in [-0.1, -0.05) is 6.07 Å². The van der Waals surface area contributed by atoms with Crippen LogP contribution in [0.15, 0.2) is 21.7 Å². The number of nitrogens with zero attached hydrogens (tertiary/aromatic N) is 1. The van der Waals surface area contributed by atoms with Gasteiger partial charge in [0, 0.05) is 19.5 Å². The molecule has 1 aliphatic rings.